The minimum absolute atomic E-state index is 0.00370. The second-order valence-electron chi connectivity index (χ2n) is 6.26. The molecule has 1 aliphatic rings. The monoisotopic (exact) mass is 402 g/mol. The van der Waals surface area contributed by atoms with Gasteiger partial charge in [-0.15, -0.1) is 4.40 Å². The Balaban J connectivity index is 1.78. The van der Waals surface area contributed by atoms with Crippen LogP contribution in [0.1, 0.15) is 23.2 Å². The minimum Gasteiger partial charge on any atom is -0.362 e. The van der Waals surface area contributed by atoms with Crippen LogP contribution >= 0.6 is 0 Å². The number of amidine groups is 1. The van der Waals surface area contributed by atoms with E-state index in [1.807, 2.05) is 0 Å². The maximum absolute atomic E-state index is 12.4. The van der Waals surface area contributed by atoms with Crippen molar-refractivity contribution in [2.24, 2.45) is 4.40 Å². The van der Waals surface area contributed by atoms with Crippen LogP contribution in [0.3, 0.4) is 0 Å². The van der Waals surface area contributed by atoms with Gasteiger partial charge >= 0.3 is 0 Å². The summed E-state index contributed by atoms with van der Waals surface area (Å²) in [6.07, 6.45) is 1.47. The topological polar surface area (TPSA) is 122 Å². The second-order valence-corrected chi connectivity index (χ2v) is 7.86. The molecule has 1 amide bonds. The first kappa shape index (κ1) is 19.5. The van der Waals surface area contributed by atoms with Crippen molar-refractivity contribution in [1.29, 1.82) is 0 Å². The molecule has 3 rings (SSSR count). The van der Waals surface area contributed by atoms with Crippen molar-refractivity contribution < 1.29 is 18.1 Å². The number of rotatable bonds is 5. The van der Waals surface area contributed by atoms with Crippen molar-refractivity contribution in [1.82, 2.24) is 4.90 Å². The number of nitrogens with zero attached hydrogens (tertiary/aromatic N) is 3. The first-order valence-electron chi connectivity index (χ1n) is 8.48. The molecular weight excluding hydrogens is 384 g/mol. The van der Waals surface area contributed by atoms with Gasteiger partial charge in [-0.2, -0.15) is 8.42 Å². The molecule has 1 fully saturated rings. The average Bonchev–Trinajstić information content (AvgIpc) is 3.06. The molecule has 0 aliphatic carbocycles. The van der Waals surface area contributed by atoms with Gasteiger partial charge in [0.15, 0.2) is 0 Å². The standard InChI is InChI=1S/C18H18N4O5S/c1-21-12-4-7-17(21)20-28(26,27)14-10-8-13(9-11-14)19-18(23)15-5-2-3-6-16(15)22(24)25/h2-3,5-6,8-11H,4,7,12H2,1H3,(H,19,23)/b20-17-. The Morgan fingerprint density at radius 2 is 1.86 bits per heavy atom. The van der Waals surface area contributed by atoms with Crippen molar-refractivity contribution in [3.8, 4) is 0 Å². The number of anilines is 1. The molecule has 2 aromatic carbocycles. The predicted octanol–water partition coefficient (Wildman–Crippen LogP) is 2.66. The number of sulfonamides is 1. The summed E-state index contributed by atoms with van der Waals surface area (Å²) in [5.74, 6) is -0.135. The Hall–Kier alpha value is -3.27. The highest BCUT2D eigenvalue weighted by atomic mass is 32.2. The highest BCUT2D eigenvalue weighted by molar-refractivity contribution is 7.90. The summed E-state index contributed by atoms with van der Waals surface area (Å²) < 4.78 is 28.7. The summed E-state index contributed by atoms with van der Waals surface area (Å²) in [6, 6.07) is 11.1. The summed E-state index contributed by atoms with van der Waals surface area (Å²) in [4.78, 5) is 24.5. The van der Waals surface area contributed by atoms with E-state index in [2.05, 4.69) is 9.71 Å². The summed E-state index contributed by atoms with van der Waals surface area (Å²) in [5, 5.41) is 13.6. The quantitative estimate of drug-likeness (QED) is 0.606. The number of nitrogens with one attached hydrogen (secondary N) is 1. The molecule has 0 saturated carbocycles. The molecule has 146 valence electrons. The van der Waals surface area contributed by atoms with E-state index in [1.54, 1.807) is 11.9 Å². The molecule has 0 radical (unpaired) electrons. The van der Waals surface area contributed by atoms with E-state index in [9.17, 15) is 23.3 Å². The van der Waals surface area contributed by atoms with Gasteiger partial charge in [-0.05, 0) is 36.8 Å². The second kappa shape index (κ2) is 7.77. The lowest BCUT2D eigenvalue weighted by atomic mass is 10.1. The zero-order chi connectivity index (χ0) is 20.3. The molecule has 1 heterocycles. The van der Waals surface area contributed by atoms with Crippen LogP contribution in [-0.4, -0.2) is 43.6 Å². The lowest BCUT2D eigenvalue weighted by molar-refractivity contribution is -0.385. The van der Waals surface area contributed by atoms with E-state index < -0.39 is 20.9 Å². The van der Waals surface area contributed by atoms with Gasteiger partial charge < -0.3 is 10.2 Å². The van der Waals surface area contributed by atoms with Gasteiger partial charge in [-0.3, -0.25) is 14.9 Å². The molecule has 28 heavy (non-hydrogen) atoms. The van der Waals surface area contributed by atoms with Crippen LogP contribution in [0.5, 0.6) is 0 Å². The number of para-hydroxylation sites is 1. The summed E-state index contributed by atoms with van der Waals surface area (Å²) in [7, 11) is -2.05. The van der Waals surface area contributed by atoms with Crippen LogP contribution in [0.2, 0.25) is 0 Å². The number of amides is 1. The molecule has 1 N–H and O–H groups in total. The summed E-state index contributed by atoms with van der Waals surface area (Å²) in [6.45, 7) is 0.769. The zero-order valence-electron chi connectivity index (χ0n) is 15.0. The smallest absolute Gasteiger partial charge is 0.283 e. The van der Waals surface area contributed by atoms with E-state index >= 15 is 0 Å². The number of hydrogen-bond donors (Lipinski definition) is 1. The minimum atomic E-state index is -3.85. The summed E-state index contributed by atoms with van der Waals surface area (Å²) in [5.41, 5.74) is -0.0803. The molecule has 1 aliphatic heterocycles. The first-order chi connectivity index (χ1) is 13.3. The Morgan fingerprint density at radius 1 is 1.18 bits per heavy atom. The van der Waals surface area contributed by atoms with Gasteiger partial charge in [0.1, 0.15) is 11.4 Å². The van der Waals surface area contributed by atoms with Crippen LogP contribution in [0, 0.1) is 10.1 Å². The van der Waals surface area contributed by atoms with E-state index in [0.717, 1.165) is 13.0 Å². The Bertz CT molecular complexity index is 1050. The van der Waals surface area contributed by atoms with Crippen LogP contribution in [0.15, 0.2) is 57.8 Å². The predicted molar refractivity (Wildman–Crippen MR) is 104 cm³/mol. The number of nitro groups is 1. The number of likely N-dealkylation sites (tertiary alicyclic amines) is 1. The normalized spacial score (nSPS) is 15.6. The van der Waals surface area contributed by atoms with Crippen molar-refractivity contribution in [2.45, 2.75) is 17.7 Å². The third-order valence-electron chi connectivity index (χ3n) is 4.32. The van der Waals surface area contributed by atoms with Crippen LogP contribution in [0.25, 0.3) is 0 Å². The lowest BCUT2D eigenvalue weighted by Gasteiger charge is -2.11. The van der Waals surface area contributed by atoms with Gasteiger partial charge in [0.25, 0.3) is 21.6 Å². The molecule has 0 atom stereocenters. The fourth-order valence-electron chi connectivity index (χ4n) is 2.83. The van der Waals surface area contributed by atoms with Crippen LogP contribution in [0.4, 0.5) is 11.4 Å². The fraction of sp³-hybridized carbons (Fsp3) is 0.222. The highest BCUT2D eigenvalue weighted by Gasteiger charge is 2.21. The van der Waals surface area contributed by atoms with Gasteiger partial charge in [-0.1, -0.05) is 12.1 Å². The van der Waals surface area contributed by atoms with E-state index in [0.29, 0.717) is 17.9 Å². The molecule has 0 aromatic heterocycles. The van der Waals surface area contributed by atoms with Gasteiger partial charge in [0, 0.05) is 31.8 Å². The van der Waals surface area contributed by atoms with Crippen molar-refractivity contribution in [3.05, 3.63) is 64.2 Å². The number of carbonyl (C=O) groups is 1. The third-order valence-corrected chi connectivity index (χ3v) is 5.63. The Morgan fingerprint density at radius 3 is 2.46 bits per heavy atom. The molecule has 10 heteroatoms. The van der Waals surface area contributed by atoms with Gasteiger partial charge in [-0.25, -0.2) is 0 Å². The Kier molecular flexibility index (Phi) is 5.41. The maximum Gasteiger partial charge on any atom is 0.283 e. The van der Waals surface area contributed by atoms with Crippen LogP contribution < -0.4 is 5.32 Å². The maximum atomic E-state index is 12.4. The van der Waals surface area contributed by atoms with Gasteiger partial charge in [0.05, 0.1) is 9.82 Å². The molecular formula is C18H18N4O5S. The highest BCUT2D eigenvalue weighted by Crippen LogP contribution is 2.22. The van der Waals surface area contributed by atoms with Crippen LogP contribution in [-0.2, 0) is 10.0 Å². The molecule has 0 unspecified atom stereocenters. The third kappa shape index (κ3) is 4.17. The molecule has 9 nitrogen and oxygen atoms in total. The van der Waals surface area contributed by atoms with E-state index in [-0.39, 0.29) is 16.1 Å². The number of nitro benzene ring substituents is 1. The molecule has 0 spiro atoms. The van der Waals surface area contributed by atoms with Crippen molar-refractivity contribution in [3.63, 3.8) is 0 Å². The first-order valence-corrected chi connectivity index (χ1v) is 9.92. The molecule has 1 saturated heterocycles. The SMILES string of the molecule is CN1CCC/C1=N/S(=O)(=O)c1ccc(NC(=O)c2ccccc2[N+](=O)[O-])cc1. The van der Waals surface area contributed by atoms with Gasteiger partial charge in [0.2, 0.25) is 0 Å². The molecule has 0 bridgehead atoms. The number of carbonyl (C=O) groups excluding carboxylic acids is 1. The number of benzene rings is 2. The van der Waals surface area contributed by atoms with Crippen molar-refractivity contribution >= 4 is 33.1 Å². The fourth-order valence-corrected chi connectivity index (χ4v) is 3.93. The zero-order valence-corrected chi connectivity index (χ0v) is 15.8. The summed E-state index contributed by atoms with van der Waals surface area (Å²) >= 11 is 0. The van der Waals surface area contributed by atoms with Crippen molar-refractivity contribution in [2.75, 3.05) is 18.9 Å². The van der Waals surface area contributed by atoms with E-state index in [1.165, 1.54) is 48.5 Å². The average molecular weight is 402 g/mol. The Labute approximate surface area is 161 Å². The molecule has 2 aromatic rings. The number of hydrogen-bond acceptors (Lipinski definition) is 5. The lowest BCUT2D eigenvalue weighted by Crippen LogP contribution is -2.20. The largest absolute Gasteiger partial charge is 0.362 e. The van der Waals surface area contributed by atoms with E-state index in [4.69, 9.17) is 0 Å².